The van der Waals surface area contributed by atoms with Crippen LogP contribution < -0.4 is 16.2 Å². The zero-order valence-corrected chi connectivity index (χ0v) is 34.2. The number of aromatic nitrogens is 2. The first-order chi connectivity index (χ1) is 30.0. The third-order valence-corrected chi connectivity index (χ3v) is 13.3. The van der Waals surface area contributed by atoms with Crippen molar-refractivity contribution in [2.45, 2.75) is 75.8 Å². The summed E-state index contributed by atoms with van der Waals surface area (Å²) in [7, 11) is 1.48. The van der Waals surface area contributed by atoms with Crippen LogP contribution in [-0.2, 0) is 53.6 Å². The Kier molecular flexibility index (Phi) is 9.71. The number of likely N-dealkylation sites (N-methyl/N-ethyl adjacent to an activating group) is 1. The Morgan fingerprint density at radius 1 is 1.03 bits per heavy atom. The van der Waals surface area contributed by atoms with Crippen molar-refractivity contribution in [2.75, 3.05) is 26.9 Å². The number of hydrogen-bond donors (Lipinski definition) is 3. The van der Waals surface area contributed by atoms with Gasteiger partial charge in [0.25, 0.3) is 5.56 Å². The fraction of sp³-hybridized carbons (Fsp3) is 0.362. The van der Waals surface area contributed by atoms with Gasteiger partial charge in [0.2, 0.25) is 11.8 Å². The highest BCUT2D eigenvalue weighted by atomic mass is 19.1. The van der Waals surface area contributed by atoms with Gasteiger partial charge < -0.3 is 39.4 Å². The normalized spacial score (nSPS) is 19.7. The van der Waals surface area contributed by atoms with E-state index < -0.39 is 54.1 Å². The van der Waals surface area contributed by atoms with E-state index >= 15 is 4.39 Å². The van der Waals surface area contributed by atoms with E-state index in [4.69, 9.17) is 19.2 Å². The fourth-order valence-electron chi connectivity index (χ4n) is 9.86. The Morgan fingerprint density at radius 2 is 1.76 bits per heavy atom. The molecule has 5 aromatic rings. The summed E-state index contributed by atoms with van der Waals surface area (Å²) in [5.41, 5.74) is 6.06. The first-order valence-electron chi connectivity index (χ1n) is 21.0. The van der Waals surface area contributed by atoms with E-state index in [1.165, 1.54) is 24.1 Å². The van der Waals surface area contributed by atoms with Crippen molar-refractivity contribution < 1.29 is 42.9 Å². The maximum Gasteiger partial charge on any atom is 0.410 e. The largest absolute Gasteiger partial charge is 0.460 e. The summed E-state index contributed by atoms with van der Waals surface area (Å²) in [6.45, 7) is 0.529. The molecule has 10 rings (SSSR count). The van der Waals surface area contributed by atoms with Gasteiger partial charge in [0, 0.05) is 35.2 Å². The number of aryl methyl sites for hydroxylation is 1. The van der Waals surface area contributed by atoms with Gasteiger partial charge in [0.15, 0.2) is 6.10 Å². The molecule has 3 aliphatic carbocycles. The molecule has 3 amide bonds. The van der Waals surface area contributed by atoms with Crippen LogP contribution >= 0.6 is 0 Å². The van der Waals surface area contributed by atoms with Crippen LogP contribution in [0.15, 0.2) is 71.5 Å². The zero-order valence-electron chi connectivity index (χ0n) is 34.2. The number of aliphatic hydroxyl groups excluding tert-OH is 1. The van der Waals surface area contributed by atoms with Crippen LogP contribution in [0.1, 0.15) is 83.7 Å². The van der Waals surface area contributed by atoms with Gasteiger partial charge in [-0.25, -0.2) is 14.2 Å². The van der Waals surface area contributed by atoms with E-state index in [2.05, 4.69) is 10.6 Å². The first-order valence-corrected chi connectivity index (χ1v) is 21.0. The van der Waals surface area contributed by atoms with E-state index in [1.54, 1.807) is 17.6 Å². The summed E-state index contributed by atoms with van der Waals surface area (Å²) < 4.78 is 34.0. The smallest absolute Gasteiger partial charge is 0.410 e. The minimum atomic E-state index is -1.42. The highest BCUT2D eigenvalue weighted by Crippen LogP contribution is 2.47. The van der Waals surface area contributed by atoms with Crippen LogP contribution in [0, 0.1) is 11.7 Å². The number of amides is 3. The molecule has 1 unspecified atom stereocenters. The van der Waals surface area contributed by atoms with Crippen LogP contribution in [0.25, 0.3) is 33.4 Å². The maximum absolute atomic E-state index is 15.1. The average molecular weight is 842 g/mol. The van der Waals surface area contributed by atoms with E-state index in [9.17, 15) is 29.1 Å². The molecule has 1 saturated carbocycles. The second kappa shape index (κ2) is 15.2. The molecule has 1 fully saturated rings. The van der Waals surface area contributed by atoms with Crippen LogP contribution in [0.5, 0.6) is 0 Å². The number of benzene rings is 3. The maximum atomic E-state index is 15.1. The molecule has 0 radical (unpaired) electrons. The lowest BCUT2D eigenvalue weighted by atomic mass is 9.75. The van der Waals surface area contributed by atoms with Crippen molar-refractivity contribution >= 4 is 34.8 Å². The molecule has 3 atom stereocenters. The first kappa shape index (κ1) is 39.7. The zero-order chi connectivity index (χ0) is 43.0. The Bertz CT molecular complexity index is 2750. The Morgan fingerprint density at radius 3 is 2.45 bits per heavy atom. The number of ether oxygens (including phenoxy) is 3. The van der Waals surface area contributed by atoms with E-state index in [-0.39, 0.29) is 55.8 Å². The molecule has 14 nitrogen and oxygen atoms in total. The Labute approximate surface area is 355 Å². The molecule has 15 heteroatoms. The van der Waals surface area contributed by atoms with Gasteiger partial charge in [-0.05, 0) is 78.0 Å². The Balaban J connectivity index is 0.849. The van der Waals surface area contributed by atoms with Gasteiger partial charge in [-0.3, -0.25) is 19.2 Å². The molecule has 3 N–H and O–H groups in total. The molecule has 0 bridgehead atoms. The van der Waals surface area contributed by atoms with Crippen molar-refractivity contribution in [3.8, 4) is 22.5 Å². The molecule has 318 valence electrons. The molecule has 62 heavy (non-hydrogen) atoms. The van der Waals surface area contributed by atoms with Crippen molar-refractivity contribution in [1.82, 2.24) is 25.1 Å². The number of esters is 1. The van der Waals surface area contributed by atoms with Crippen molar-refractivity contribution in [3.05, 3.63) is 122 Å². The number of aliphatic hydroxyl groups is 1. The third-order valence-electron chi connectivity index (χ3n) is 13.3. The quantitative estimate of drug-likeness (QED) is 0.118. The monoisotopic (exact) mass is 841 g/mol. The number of pyridine rings is 2. The van der Waals surface area contributed by atoms with Crippen LogP contribution in [0.4, 0.5) is 9.18 Å². The van der Waals surface area contributed by atoms with Crippen molar-refractivity contribution in [1.29, 1.82) is 0 Å². The second-order valence-electron chi connectivity index (χ2n) is 16.9. The molecule has 2 aliphatic heterocycles. The predicted octanol–water partition coefficient (Wildman–Crippen LogP) is 5.07. The summed E-state index contributed by atoms with van der Waals surface area (Å²) in [4.78, 5) is 73.7. The number of carbonyl (C=O) groups is 4. The minimum Gasteiger partial charge on any atom is -0.460 e. The standard InChI is InChI=1S/C47H44FN5O9/c1-3-47(22-54)33-18-36-40-31(19-53(36)44(57)32(33)21-60-45(47)58)39-34(15-14-25-16-26(48)17-35(50-40)38(25)39)51-43(56)41(24-12-13-24)61-23-49-37(55)20-52(2)46(59)62-42-29-10-6-4-8-27(29)28-9-5-7-11-30(28)42/h4-11,16-18,24,34,41-42,54H,3,12-15,19-23H2,1-2H3,(H,49,55)(H,51,56)/t34-,41?,47+/m0/s1. The van der Waals surface area contributed by atoms with E-state index in [0.717, 1.165) is 46.2 Å². The SMILES string of the molecule is CC[C@]1(CO)C(=O)OCc2c1cc1n(c2=O)Cc2c-1nc1cc(F)cc3c1c2[C@@H](NC(=O)C(OCNC(=O)CN(C)C(=O)OC1c2ccccc2-c2ccccc21)C1CC1)CC3. The third kappa shape index (κ3) is 6.35. The minimum absolute atomic E-state index is 0.0701. The number of halogens is 1. The van der Waals surface area contributed by atoms with Gasteiger partial charge in [-0.2, -0.15) is 0 Å². The van der Waals surface area contributed by atoms with Gasteiger partial charge in [-0.15, -0.1) is 0 Å². The lowest BCUT2D eigenvalue weighted by molar-refractivity contribution is -0.156. The van der Waals surface area contributed by atoms with Crippen LogP contribution in [-0.4, -0.2) is 76.5 Å². The molecule has 0 spiro atoms. The number of nitrogens with one attached hydrogen (secondary N) is 2. The van der Waals surface area contributed by atoms with E-state index in [1.807, 2.05) is 48.5 Å². The second-order valence-corrected chi connectivity index (χ2v) is 16.9. The summed E-state index contributed by atoms with van der Waals surface area (Å²) in [6, 6.07) is 19.5. The fourth-order valence-corrected chi connectivity index (χ4v) is 9.86. The van der Waals surface area contributed by atoms with Crippen molar-refractivity contribution in [3.63, 3.8) is 0 Å². The summed E-state index contributed by atoms with van der Waals surface area (Å²) in [5, 5.41) is 17.1. The van der Waals surface area contributed by atoms with Crippen LogP contribution in [0.2, 0.25) is 0 Å². The number of hydrogen-bond acceptors (Lipinski definition) is 10. The molecule has 5 aliphatic rings. The number of cyclic esters (lactones) is 1. The summed E-state index contributed by atoms with van der Waals surface area (Å²) in [5.74, 6) is -2.01. The molecule has 0 saturated heterocycles. The number of carbonyl (C=O) groups excluding carboxylic acids is 4. The molecular formula is C47H44FN5O9. The molecule has 3 aromatic carbocycles. The van der Waals surface area contributed by atoms with Gasteiger partial charge in [-0.1, -0.05) is 55.5 Å². The number of fused-ring (bicyclic) bond motifs is 8. The van der Waals surface area contributed by atoms with Gasteiger partial charge in [0.05, 0.1) is 41.7 Å². The van der Waals surface area contributed by atoms with Crippen molar-refractivity contribution in [2.24, 2.45) is 5.92 Å². The topological polar surface area (TPSA) is 178 Å². The summed E-state index contributed by atoms with van der Waals surface area (Å²) in [6.07, 6.45) is 0.469. The molecule has 4 heterocycles. The van der Waals surface area contributed by atoms with E-state index in [0.29, 0.717) is 46.3 Å². The Hall–Kier alpha value is -6.45. The number of rotatable bonds is 11. The number of nitrogens with zero attached hydrogens (tertiary/aromatic N) is 3. The van der Waals surface area contributed by atoms with Gasteiger partial charge in [0.1, 0.15) is 37.2 Å². The lowest BCUT2D eigenvalue weighted by Crippen LogP contribution is -2.47. The highest BCUT2D eigenvalue weighted by Gasteiger charge is 2.47. The lowest BCUT2D eigenvalue weighted by Gasteiger charge is -2.34. The average Bonchev–Trinajstić information content (AvgIpc) is 3.98. The van der Waals surface area contributed by atoms with Crippen LogP contribution in [0.3, 0.4) is 0 Å². The molecular weight excluding hydrogens is 798 g/mol. The van der Waals surface area contributed by atoms with Gasteiger partial charge >= 0.3 is 12.1 Å². The highest BCUT2D eigenvalue weighted by molar-refractivity contribution is 5.94. The predicted molar refractivity (Wildman–Crippen MR) is 222 cm³/mol. The molecule has 2 aromatic heterocycles. The summed E-state index contributed by atoms with van der Waals surface area (Å²) >= 11 is 0.